The Balaban J connectivity index is 1.62. The van der Waals surface area contributed by atoms with Gasteiger partial charge in [0.25, 0.3) is 5.91 Å². The van der Waals surface area contributed by atoms with Crippen molar-refractivity contribution in [3.8, 4) is 5.95 Å². The quantitative estimate of drug-likeness (QED) is 0.551. The molecule has 2 heterocycles. The number of amides is 1. The lowest BCUT2D eigenvalue weighted by Gasteiger charge is -2.19. The lowest BCUT2D eigenvalue weighted by Crippen LogP contribution is -2.16. The van der Waals surface area contributed by atoms with Gasteiger partial charge in [0.15, 0.2) is 0 Å². The van der Waals surface area contributed by atoms with Gasteiger partial charge < -0.3 is 10.3 Å². The highest BCUT2D eigenvalue weighted by molar-refractivity contribution is 6.04. The zero-order chi connectivity index (χ0) is 19.9. The molecule has 0 fully saturated rings. The highest BCUT2D eigenvalue weighted by atomic mass is 16.1. The Labute approximate surface area is 163 Å². The molecule has 0 radical (unpaired) electrons. The van der Waals surface area contributed by atoms with Gasteiger partial charge in [0, 0.05) is 11.6 Å². The number of aryl methyl sites for hydroxylation is 1. The van der Waals surface area contributed by atoms with Crippen molar-refractivity contribution in [2.24, 2.45) is 0 Å². The van der Waals surface area contributed by atoms with Crippen LogP contribution in [-0.2, 0) is 5.41 Å². The number of aromatic nitrogens is 4. The third kappa shape index (κ3) is 3.41. The molecular weight excluding hydrogens is 350 g/mol. The molecule has 1 amide bonds. The summed E-state index contributed by atoms with van der Waals surface area (Å²) in [6.07, 6.45) is 0. The zero-order valence-corrected chi connectivity index (χ0v) is 16.4. The van der Waals surface area contributed by atoms with E-state index in [0.29, 0.717) is 17.3 Å². The molecule has 6 nitrogen and oxygen atoms in total. The van der Waals surface area contributed by atoms with Crippen molar-refractivity contribution in [3.05, 3.63) is 71.4 Å². The Kier molecular flexibility index (Phi) is 4.26. The third-order valence-corrected chi connectivity index (χ3v) is 4.66. The lowest BCUT2D eigenvalue weighted by molar-refractivity contribution is 0.102. The summed E-state index contributed by atoms with van der Waals surface area (Å²) in [6, 6.07) is 17.3. The molecule has 6 heteroatoms. The van der Waals surface area contributed by atoms with Crippen LogP contribution in [0, 0.1) is 6.92 Å². The number of imidazole rings is 1. The average molecular weight is 373 g/mol. The summed E-state index contributed by atoms with van der Waals surface area (Å²) in [5, 5.41) is 7.43. The molecule has 2 aromatic heterocycles. The van der Waals surface area contributed by atoms with Crippen LogP contribution < -0.4 is 5.32 Å². The molecule has 2 aromatic carbocycles. The van der Waals surface area contributed by atoms with Gasteiger partial charge in [-0.1, -0.05) is 45.0 Å². The summed E-state index contributed by atoms with van der Waals surface area (Å²) in [6.45, 7) is 8.33. The number of aromatic amines is 1. The van der Waals surface area contributed by atoms with Crippen molar-refractivity contribution in [1.29, 1.82) is 0 Å². The molecular formula is C22H23N5O. The average Bonchev–Trinajstić information content (AvgIpc) is 3.24. The van der Waals surface area contributed by atoms with Gasteiger partial charge in [-0.15, -0.1) is 0 Å². The van der Waals surface area contributed by atoms with E-state index >= 15 is 0 Å². The second-order valence-electron chi connectivity index (χ2n) is 7.94. The first kappa shape index (κ1) is 18.0. The monoisotopic (exact) mass is 373 g/mol. The van der Waals surface area contributed by atoms with Crippen molar-refractivity contribution in [2.45, 2.75) is 33.1 Å². The minimum atomic E-state index is -0.183. The second kappa shape index (κ2) is 6.64. The number of para-hydroxylation sites is 2. The summed E-state index contributed by atoms with van der Waals surface area (Å²) < 4.78 is 1.62. The lowest BCUT2D eigenvalue weighted by atomic mass is 9.87. The third-order valence-electron chi connectivity index (χ3n) is 4.66. The van der Waals surface area contributed by atoms with Gasteiger partial charge in [0.2, 0.25) is 5.95 Å². The van der Waals surface area contributed by atoms with E-state index in [9.17, 15) is 4.79 Å². The zero-order valence-electron chi connectivity index (χ0n) is 16.4. The Morgan fingerprint density at radius 1 is 1.07 bits per heavy atom. The maximum atomic E-state index is 12.8. The summed E-state index contributed by atoms with van der Waals surface area (Å²) in [5.74, 6) is 0.951. The normalized spacial score (nSPS) is 11.7. The molecule has 0 saturated heterocycles. The molecule has 0 atom stereocenters. The van der Waals surface area contributed by atoms with E-state index in [4.69, 9.17) is 0 Å². The summed E-state index contributed by atoms with van der Waals surface area (Å²) in [5.41, 5.74) is 4.39. The SMILES string of the molecule is Cc1cc(NC(=O)c2ccc(C(C)(C)C)cc2)n(-c2nc3ccccc3[nH]2)n1. The van der Waals surface area contributed by atoms with E-state index in [2.05, 4.69) is 41.2 Å². The van der Waals surface area contributed by atoms with E-state index in [0.717, 1.165) is 16.7 Å². The van der Waals surface area contributed by atoms with E-state index in [-0.39, 0.29) is 11.3 Å². The summed E-state index contributed by atoms with van der Waals surface area (Å²) in [7, 11) is 0. The highest BCUT2D eigenvalue weighted by Gasteiger charge is 2.17. The van der Waals surface area contributed by atoms with E-state index < -0.39 is 0 Å². The molecule has 0 saturated carbocycles. The smallest absolute Gasteiger partial charge is 0.256 e. The Morgan fingerprint density at radius 2 is 1.79 bits per heavy atom. The number of hydrogen-bond donors (Lipinski definition) is 2. The number of nitrogens with zero attached hydrogens (tertiary/aromatic N) is 3. The van der Waals surface area contributed by atoms with Crippen LogP contribution in [0.2, 0.25) is 0 Å². The maximum Gasteiger partial charge on any atom is 0.256 e. The van der Waals surface area contributed by atoms with Crippen molar-refractivity contribution in [3.63, 3.8) is 0 Å². The number of rotatable bonds is 3. The molecule has 0 aliphatic carbocycles. The molecule has 0 unspecified atom stereocenters. The Morgan fingerprint density at radius 3 is 2.46 bits per heavy atom. The summed E-state index contributed by atoms with van der Waals surface area (Å²) >= 11 is 0. The Hall–Kier alpha value is -3.41. The van der Waals surface area contributed by atoms with Crippen LogP contribution in [0.25, 0.3) is 17.0 Å². The fraction of sp³-hybridized carbons (Fsp3) is 0.227. The van der Waals surface area contributed by atoms with Crippen LogP contribution >= 0.6 is 0 Å². The Bertz CT molecular complexity index is 1110. The van der Waals surface area contributed by atoms with E-state index in [1.807, 2.05) is 61.5 Å². The van der Waals surface area contributed by atoms with Crippen molar-refractivity contribution in [1.82, 2.24) is 19.7 Å². The standard InChI is InChI=1S/C22H23N5O/c1-14-13-19(25-20(28)15-9-11-16(12-10-15)22(2,3)4)27(26-14)21-23-17-7-5-6-8-18(17)24-21/h5-13H,1-4H3,(H,23,24)(H,25,28). The number of carbonyl (C=O) groups excluding carboxylic acids is 1. The number of carbonyl (C=O) groups is 1. The van der Waals surface area contributed by atoms with Gasteiger partial charge in [0.1, 0.15) is 5.82 Å². The predicted octanol–water partition coefficient (Wildman–Crippen LogP) is 4.61. The van der Waals surface area contributed by atoms with Crippen LogP contribution in [0.4, 0.5) is 5.82 Å². The fourth-order valence-corrected chi connectivity index (χ4v) is 3.10. The number of hydrogen-bond acceptors (Lipinski definition) is 3. The molecule has 0 aliphatic heterocycles. The molecule has 0 spiro atoms. The van der Waals surface area contributed by atoms with Crippen LogP contribution in [0.1, 0.15) is 42.4 Å². The van der Waals surface area contributed by atoms with E-state index in [1.54, 1.807) is 4.68 Å². The largest absolute Gasteiger partial charge is 0.322 e. The first-order valence-electron chi connectivity index (χ1n) is 9.25. The summed E-state index contributed by atoms with van der Waals surface area (Å²) in [4.78, 5) is 20.6. The maximum absolute atomic E-state index is 12.8. The highest BCUT2D eigenvalue weighted by Crippen LogP contribution is 2.23. The van der Waals surface area contributed by atoms with E-state index in [1.165, 1.54) is 5.56 Å². The number of anilines is 1. The molecule has 4 aromatic rings. The minimum absolute atomic E-state index is 0.0476. The number of H-pyrrole nitrogens is 1. The van der Waals surface area contributed by atoms with Gasteiger partial charge in [-0.05, 0) is 42.2 Å². The molecule has 0 bridgehead atoms. The first-order valence-corrected chi connectivity index (χ1v) is 9.25. The molecule has 142 valence electrons. The van der Waals surface area contributed by atoms with Crippen molar-refractivity contribution in [2.75, 3.05) is 5.32 Å². The van der Waals surface area contributed by atoms with Crippen LogP contribution in [-0.4, -0.2) is 25.7 Å². The van der Waals surface area contributed by atoms with Crippen molar-refractivity contribution < 1.29 is 4.79 Å². The van der Waals surface area contributed by atoms with Gasteiger partial charge in [-0.2, -0.15) is 9.78 Å². The van der Waals surface area contributed by atoms with Crippen molar-refractivity contribution >= 4 is 22.8 Å². The van der Waals surface area contributed by atoms with Gasteiger partial charge in [0.05, 0.1) is 16.7 Å². The van der Waals surface area contributed by atoms with Gasteiger partial charge in [-0.25, -0.2) is 4.98 Å². The van der Waals surface area contributed by atoms with Gasteiger partial charge >= 0.3 is 0 Å². The number of fused-ring (bicyclic) bond motifs is 1. The fourth-order valence-electron chi connectivity index (χ4n) is 3.10. The predicted molar refractivity (Wildman–Crippen MR) is 111 cm³/mol. The topological polar surface area (TPSA) is 75.6 Å². The molecule has 4 rings (SSSR count). The van der Waals surface area contributed by atoms with Crippen LogP contribution in [0.15, 0.2) is 54.6 Å². The van der Waals surface area contributed by atoms with Crippen LogP contribution in [0.3, 0.4) is 0 Å². The minimum Gasteiger partial charge on any atom is -0.322 e. The molecule has 2 N–H and O–H groups in total. The second-order valence-corrected chi connectivity index (χ2v) is 7.94. The molecule has 0 aliphatic rings. The number of nitrogens with one attached hydrogen (secondary N) is 2. The molecule has 28 heavy (non-hydrogen) atoms. The number of benzene rings is 2. The van der Waals surface area contributed by atoms with Gasteiger partial charge in [-0.3, -0.25) is 4.79 Å². The van der Waals surface area contributed by atoms with Crippen LogP contribution in [0.5, 0.6) is 0 Å². The first-order chi connectivity index (χ1) is 13.3.